The van der Waals surface area contributed by atoms with Crippen LogP contribution in [0.5, 0.6) is 23.3 Å². The van der Waals surface area contributed by atoms with E-state index in [1.54, 1.807) is 7.11 Å². The maximum Gasteiger partial charge on any atom is 0.302 e. The molecule has 1 N–H and O–H groups in total. The van der Waals surface area contributed by atoms with Crippen LogP contribution in [0.3, 0.4) is 0 Å². The van der Waals surface area contributed by atoms with Crippen LogP contribution in [0.2, 0.25) is 0 Å². The van der Waals surface area contributed by atoms with Crippen molar-refractivity contribution in [2.24, 2.45) is 0 Å². The van der Waals surface area contributed by atoms with Gasteiger partial charge in [0.15, 0.2) is 11.5 Å². The number of aromatic nitrogens is 2. The molecule has 1 aliphatic carbocycles. The second-order valence-electron chi connectivity index (χ2n) is 7.88. The number of nitrogens with one attached hydrogen (secondary N) is 1. The van der Waals surface area contributed by atoms with Crippen molar-refractivity contribution in [1.29, 1.82) is 0 Å². The zero-order valence-corrected chi connectivity index (χ0v) is 20.1. The smallest absolute Gasteiger partial charge is 0.302 e. The summed E-state index contributed by atoms with van der Waals surface area (Å²) >= 11 is 0. The molecule has 1 fully saturated rings. The van der Waals surface area contributed by atoms with Crippen LogP contribution in [0.1, 0.15) is 54.9 Å². The summed E-state index contributed by atoms with van der Waals surface area (Å²) in [5.41, 5.74) is 1.17. The summed E-state index contributed by atoms with van der Waals surface area (Å²) in [6.45, 7) is 3.79. The Hall–Kier alpha value is -3.56. The van der Waals surface area contributed by atoms with E-state index in [2.05, 4.69) is 15.5 Å². The van der Waals surface area contributed by atoms with Gasteiger partial charge in [-0.15, -0.1) is 10.2 Å². The second kappa shape index (κ2) is 11.5. The molecule has 2 aromatic rings. The molecule has 0 radical (unpaired) electrons. The zero-order chi connectivity index (χ0) is 24.7. The van der Waals surface area contributed by atoms with Crippen LogP contribution in [0.4, 0.5) is 0 Å². The maximum atomic E-state index is 13.2. The van der Waals surface area contributed by atoms with Gasteiger partial charge in [0.05, 0.1) is 27.9 Å². The largest absolute Gasteiger partial charge is 0.493 e. The molecule has 0 saturated heterocycles. The van der Waals surface area contributed by atoms with Gasteiger partial charge in [0.2, 0.25) is 11.8 Å². The summed E-state index contributed by atoms with van der Waals surface area (Å²) in [4.78, 5) is 24.8. The number of esters is 1. The molecule has 1 aromatic heterocycles. The average molecular weight is 474 g/mol. The molecule has 3 rings (SSSR count). The topological polar surface area (TPSA) is 118 Å². The molecule has 0 bridgehead atoms. The minimum atomic E-state index is -0.357. The predicted octanol–water partition coefficient (Wildman–Crippen LogP) is 2.90. The van der Waals surface area contributed by atoms with E-state index in [4.69, 9.17) is 23.7 Å². The quantitative estimate of drug-likeness (QED) is 0.548. The van der Waals surface area contributed by atoms with Gasteiger partial charge >= 0.3 is 5.97 Å². The van der Waals surface area contributed by atoms with Crippen molar-refractivity contribution in [2.75, 3.05) is 27.9 Å². The number of rotatable bonds is 9. The van der Waals surface area contributed by atoms with Crippen molar-refractivity contribution in [3.8, 4) is 23.3 Å². The number of nitrogens with zero attached hydrogens (tertiary/aromatic N) is 2. The lowest BCUT2D eigenvalue weighted by atomic mass is 9.78. The maximum absolute atomic E-state index is 13.2. The van der Waals surface area contributed by atoms with Crippen LogP contribution in [0.25, 0.3) is 0 Å². The Labute approximate surface area is 198 Å². The van der Waals surface area contributed by atoms with Gasteiger partial charge in [-0.1, -0.05) is 6.07 Å². The molecule has 1 aliphatic rings. The third-order valence-corrected chi connectivity index (χ3v) is 5.75. The number of carbonyl (C=O) groups excluding carboxylic acids is 2. The Bertz CT molecular complexity index is 1010. The van der Waals surface area contributed by atoms with Gasteiger partial charge in [-0.3, -0.25) is 9.59 Å². The second-order valence-corrected chi connectivity index (χ2v) is 7.88. The van der Waals surface area contributed by atoms with E-state index in [0.717, 1.165) is 5.56 Å². The fraction of sp³-hybridized carbons (Fsp3) is 0.500. The molecular formula is C24H31N3O7. The van der Waals surface area contributed by atoms with Crippen LogP contribution in [-0.4, -0.2) is 62.2 Å². The first kappa shape index (κ1) is 25.1. The highest BCUT2D eigenvalue weighted by Gasteiger charge is 2.35. The number of methoxy groups -OCH3 is 3. The van der Waals surface area contributed by atoms with E-state index >= 15 is 0 Å². The minimum absolute atomic E-state index is 0.103. The van der Waals surface area contributed by atoms with Crippen LogP contribution in [0.15, 0.2) is 24.3 Å². The highest BCUT2D eigenvalue weighted by atomic mass is 16.5. The molecule has 3 atom stereocenters. The Morgan fingerprint density at radius 2 is 1.82 bits per heavy atom. The van der Waals surface area contributed by atoms with E-state index in [9.17, 15) is 9.59 Å². The number of hydrogen-bond donors (Lipinski definition) is 1. The average Bonchev–Trinajstić information content (AvgIpc) is 2.84. The lowest BCUT2D eigenvalue weighted by Crippen LogP contribution is -2.44. The number of hydrogen-bond acceptors (Lipinski definition) is 9. The third kappa shape index (κ3) is 5.86. The first-order valence-electron chi connectivity index (χ1n) is 11.1. The summed E-state index contributed by atoms with van der Waals surface area (Å²) in [6, 6.07) is 6.96. The Kier molecular flexibility index (Phi) is 8.50. The molecule has 1 saturated carbocycles. The Morgan fingerprint density at radius 1 is 1.03 bits per heavy atom. The number of carbonyl (C=O) groups is 2. The zero-order valence-electron chi connectivity index (χ0n) is 20.1. The van der Waals surface area contributed by atoms with Gasteiger partial charge in [0.1, 0.15) is 11.7 Å². The van der Waals surface area contributed by atoms with Gasteiger partial charge in [0, 0.05) is 24.9 Å². The van der Waals surface area contributed by atoms with Crippen molar-refractivity contribution < 1.29 is 33.3 Å². The molecule has 0 unspecified atom stereocenters. The standard InChI is InChI=1S/C24H31N3O7/c1-6-33-21-11-15(7-10-20(21)30-3)17-12-16(34-14(2)28)8-9-19(17)25-23(29)18-13-22(31-4)26-27-24(18)32-5/h7,10-11,13,16-17,19H,6,8-9,12H2,1-5H3,(H,25,29)/t16-,17-,19-/m1/s1. The van der Waals surface area contributed by atoms with E-state index in [1.807, 2.05) is 25.1 Å². The SMILES string of the molecule is CCOc1cc([C@H]2C[C@H](OC(C)=O)CC[C@H]2NC(=O)c2cc(OC)nnc2OC)ccc1OC. The Morgan fingerprint density at radius 3 is 2.47 bits per heavy atom. The summed E-state index contributed by atoms with van der Waals surface area (Å²) < 4.78 is 27.0. The molecule has 0 spiro atoms. The van der Waals surface area contributed by atoms with Gasteiger partial charge in [0.25, 0.3) is 5.91 Å². The molecule has 10 heteroatoms. The fourth-order valence-electron chi connectivity index (χ4n) is 4.23. The molecule has 1 amide bonds. The van der Waals surface area contributed by atoms with Crippen molar-refractivity contribution in [1.82, 2.24) is 15.5 Å². The van der Waals surface area contributed by atoms with Crippen LogP contribution in [-0.2, 0) is 9.53 Å². The number of benzene rings is 1. The summed E-state index contributed by atoms with van der Waals surface area (Å²) in [5.74, 6) is 0.740. The molecule has 0 aliphatic heterocycles. The van der Waals surface area contributed by atoms with Crippen molar-refractivity contribution in [3.05, 3.63) is 35.4 Å². The monoisotopic (exact) mass is 473 g/mol. The van der Waals surface area contributed by atoms with Gasteiger partial charge in [-0.25, -0.2) is 0 Å². The van der Waals surface area contributed by atoms with Gasteiger partial charge in [-0.2, -0.15) is 0 Å². The molecular weight excluding hydrogens is 442 g/mol. The predicted molar refractivity (Wildman–Crippen MR) is 123 cm³/mol. The first-order valence-corrected chi connectivity index (χ1v) is 11.1. The van der Waals surface area contributed by atoms with Crippen molar-refractivity contribution in [2.45, 2.75) is 51.2 Å². The van der Waals surface area contributed by atoms with Crippen LogP contribution >= 0.6 is 0 Å². The summed E-state index contributed by atoms with van der Waals surface area (Å²) in [7, 11) is 4.46. The van der Waals surface area contributed by atoms with Crippen molar-refractivity contribution in [3.63, 3.8) is 0 Å². The normalized spacial score (nSPS) is 19.6. The molecule has 184 valence electrons. The lowest BCUT2D eigenvalue weighted by molar-refractivity contribution is -0.148. The number of amides is 1. The van der Waals surface area contributed by atoms with E-state index < -0.39 is 0 Å². The summed E-state index contributed by atoms with van der Waals surface area (Å²) in [5, 5.41) is 10.9. The van der Waals surface area contributed by atoms with Crippen molar-refractivity contribution >= 4 is 11.9 Å². The summed E-state index contributed by atoms with van der Waals surface area (Å²) in [6.07, 6.45) is 1.55. The highest BCUT2D eigenvalue weighted by molar-refractivity contribution is 5.96. The highest BCUT2D eigenvalue weighted by Crippen LogP contribution is 2.39. The molecule has 1 aromatic carbocycles. The van der Waals surface area contributed by atoms with Gasteiger partial charge in [-0.05, 0) is 43.9 Å². The Balaban J connectivity index is 1.91. The third-order valence-electron chi connectivity index (χ3n) is 5.75. The molecule has 10 nitrogen and oxygen atoms in total. The molecule has 1 heterocycles. The minimum Gasteiger partial charge on any atom is -0.493 e. The first-order chi connectivity index (χ1) is 16.4. The van der Waals surface area contributed by atoms with E-state index in [-0.39, 0.29) is 47.3 Å². The fourth-order valence-corrected chi connectivity index (χ4v) is 4.23. The van der Waals surface area contributed by atoms with Gasteiger partial charge < -0.3 is 29.0 Å². The lowest BCUT2D eigenvalue weighted by Gasteiger charge is -2.36. The van der Waals surface area contributed by atoms with E-state index in [0.29, 0.717) is 37.4 Å². The molecule has 34 heavy (non-hydrogen) atoms. The van der Waals surface area contributed by atoms with Crippen LogP contribution < -0.4 is 24.3 Å². The number of ether oxygens (including phenoxy) is 5. The van der Waals surface area contributed by atoms with E-state index in [1.165, 1.54) is 27.2 Å². The van der Waals surface area contributed by atoms with Crippen LogP contribution in [0, 0.1) is 0 Å².